The first-order valence-corrected chi connectivity index (χ1v) is 9.87. The van der Waals surface area contributed by atoms with Gasteiger partial charge >= 0.3 is 5.69 Å². The third kappa shape index (κ3) is 3.57. The molecule has 0 amide bonds. The Kier molecular flexibility index (Phi) is 5.11. The van der Waals surface area contributed by atoms with E-state index >= 15 is 0 Å². The van der Waals surface area contributed by atoms with Gasteiger partial charge in [0.25, 0.3) is 5.69 Å². The Bertz CT molecular complexity index is 1310. The van der Waals surface area contributed by atoms with Gasteiger partial charge in [-0.05, 0) is 18.2 Å². The molecule has 0 radical (unpaired) electrons. The van der Waals surface area contributed by atoms with Crippen LogP contribution in [0.5, 0.6) is 0 Å². The maximum Gasteiger partial charge on any atom is 0.328 e. The number of nitrogens with zero attached hydrogens (tertiary/aromatic N) is 4. The van der Waals surface area contributed by atoms with E-state index in [1.165, 1.54) is 59.6 Å². The van der Waals surface area contributed by atoms with E-state index in [0.717, 1.165) is 10.4 Å². The zero-order chi connectivity index (χ0) is 21.5. The Morgan fingerprint density at radius 3 is 2.41 bits per heavy atom. The lowest BCUT2D eigenvalue weighted by Crippen LogP contribution is -2.32. The number of sulfonamides is 1. The van der Waals surface area contributed by atoms with E-state index in [4.69, 9.17) is 0 Å². The summed E-state index contributed by atoms with van der Waals surface area (Å²) in [5, 5.41) is 10.9. The number of carbonyl (C=O) groups excluding carboxylic acids is 1. The van der Waals surface area contributed by atoms with Crippen LogP contribution < -0.4 is 5.69 Å². The molecule has 0 aliphatic carbocycles. The second-order valence-electron chi connectivity index (χ2n) is 6.54. The number of Topliss-reactive ketones (excluding diaryl/α,β-unsaturated/α-hetero) is 1. The van der Waals surface area contributed by atoms with E-state index in [1.54, 1.807) is 7.05 Å². The number of aromatic nitrogens is 2. The first-order valence-electron chi connectivity index (χ1n) is 8.43. The van der Waals surface area contributed by atoms with Crippen molar-refractivity contribution in [2.24, 2.45) is 14.1 Å². The van der Waals surface area contributed by atoms with Gasteiger partial charge in [-0.2, -0.15) is 4.31 Å². The number of benzene rings is 2. The largest absolute Gasteiger partial charge is 0.328 e. The Balaban J connectivity index is 1.91. The van der Waals surface area contributed by atoms with E-state index in [2.05, 4.69) is 0 Å². The molecule has 0 spiro atoms. The molecule has 3 rings (SSSR count). The Hall–Kier alpha value is -3.31. The van der Waals surface area contributed by atoms with Crippen molar-refractivity contribution in [1.29, 1.82) is 0 Å². The molecule has 3 aromatic rings. The highest BCUT2D eigenvalue weighted by atomic mass is 32.2. The highest BCUT2D eigenvalue weighted by molar-refractivity contribution is 7.89. The van der Waals surface area contributed by atoms with Gasteiger partial charge in [-0.1, -0.05) is 12.1 Å². The Labute approximate surface area is 165 Å². The van der Waals surface area contributed by atoms with Crippen molar-refractivity contribution in [3.8, 4) is 0 Å². The fourth-order valence-corrected chi connectivity index (χ4v) is 4.15. The number of hydrogen-bond acceptors (Lipinski definition) is 6. The van der Waals surface area contributed by atoms with Gasteiger partial charge in [-0.3, -0.25) is 24.0 Å². The van der Waals surface area contributed by atoms with Crippen molar-refractivity contribution in [3.63, 3.8) is 0 Å². The number of rotatable bonds is 6. The van der Waals surface area contributed by atoms with Gasteiger partial charge in [-0.15, -0.1) is 0 Å². The molecule has 0 unspecified atom stereocenters. The summed E-state index contributed by atoms with van der Waals surface area (Å²) >= 11 is 0. The van der Waals surface area contributed by atoms with Crippen molar-refractivity contribution in [3.05, 3.63) is 68.6 Å². The molecule has 0 saturated carbocycles. The van der Waals surface area contributed by atoms with Crippen LogP contribution in [-0.2, 0) is 24.1 Å². The lowest BCUT2D eigenvalue weighted by Gasteiger charge is -2.16. The summed E-state index contributed by atoms with van der Waals surface area (Å²) in [4.78, 5) is 34.6. The molecule has 1 heterocycles. The molecule has 0 aliphatic rings. The topological polar surface area (TPSA) is 125 Å². The predicted octanol–water partition coefficient (Wildman–Crippen LogP) is 1.29. The average molecular weight is 418 g/mol. The van der Waals surface area contributed by atoms with Crippen molar-refractivity contribution < 1.29 is 18.1 Å². The molecule has 2 aromatic carbocycles. The molecule has 11 heteroatoms. The van der Waals surface area contributed by atoms with Crippen LogP contribution in [0.1, 0.15) is 10.4 Å². The zero-order valence-corrected chi connectivity index (χ0v) is 16.7. The maximum absolute atomic E-state index is 12.9. The van der Waals surface area contributed by atoms with Crippen molar-refractivity contribution in [2.75, 3.05) is 13.6 Å². The number of aryl methyl sites for hydroxylation is 2. The molecule has 152 valence electrons. The Morgan fingerprint density at radius 1 is 1.10 bits per heavy atom. The number of imidazole rings is 1. The van der Waals surface area contributed by atoms with Gasteiger partial charge in [0, 0.05) is 38.8 Å². The van der Waals surface area contributed by atoms with E-state index in [1.807, 2.05) is 0 Å². The number of hydrogen-bond donors (Lipinski definition) is 0. The molecule has 0 bridgehead atoms. The second-order valence-corrected chi connectivity index (χ2v) is 8.59. The SMILES string of the molecule is CN(CC(=O)c1cccc([N+](=O)[O-])c1)S(=O)(=O)c1ccc2c(c1)n(C)c(=O)n2C. The van der Waals surface area contributed by atoms with Crippen LogP contribution in [0.4, 0.5) is 5.69 Å². The number of nitro benzene ring substituents is 1. The van der Waals surface area contributed by atoms with Crippen molar-refractivity contribution in [2.45, 2.75) is 4.90 Å². The summed E-state index contributed by atoms with van der Waals surface area (Å²) < 4.78 is 29.4. The van der Waals surface area contributed by atoms with E-state index in [0.29, 0.717) is 11.0 Å². The summed E-state index contributed by atoms with van der Waals surface area (Å²) in [5.74, 6) is -0.576. The zero-order valence-electron chi connectivity index (χ0n) is 15.9. The summed E-state index contributed by atoms with van der Waals surface area (Å²) in [7, 11) is 0.347. The quantitative estimate of drug-likeness (QED) is 0.337. The van der Waals surface area contributed by atoms with Gasteiger partial charge in [0.2, 0.25) is 10.0 Å². The van der Waals surface area contributed by atoms with Crippen LogP contribution in [0.3, 0.4) is 0 Å². The summed E-state index contributed by atoms with van der Waals surface area (Å²) in [6.45, 7) is -0.491. The number of ketones is 1. The van der Waals surface area contributed by atoms with Crippen LogP contribution in [0.25, 0.3) is 11.0 Å². The van der Waals surface area contributed by atoms with Gasteiger partial charge in [-0.25, -0.2) is 13.2 Å². The van der Waals surface area contributed by atoms with Gasteiger partial charge in [0.05, 0.1) is 27.4 Å². The molecule has 0 aliphatic heterocycles. The predicted molar refractivity (Wildman–Crippen MR) is 105 cm³/mol. The molecule has 1 aromatic heterocycles. The maximum atomic E-state index is 12.9. The minimum atomic E-state index is -4.03. The third-order valence-electron chi connectivity index (χ3n) is 4.70. The standard InChI is InChI=1S/C18H18N4O6S/c1-19(11-17(23)12-5-4-6-13(9-12)22(25)26)29(27,28)14-7-8-15-16(10-14)21(3)18(24)20(15)2/h4-10H,11H2,1-3H3. The number of carbonyl (C=O) groups is 1. The molecule has 0 atom stereocenters. The fourth-order valence-electron chi connectivity index (χ4n) is 3.00. The minimum absolute atomic E-state index is 0.0437. The molecule has 0 saturated heterocycles. The van der Waals surface area contributed by atoms with Crippen molar-refractivity contribution in [1.82, 2.24) is 13.4 Å². The number of fused-ring (bicyclic) bond motifs is 1. The lowest BCUT2D eigenvalue weighted by atomic mass is 10.1. The highest BCUT2D eigenvalue weighted by Crippen LogP contribution is 2.21. The summed E-state index contributed by atoms with van der Waals surface area (Å²) in [6, 6.07) is 9.38. The number of nitro groups is 1. The molecule has 29 heavy (non-hydrogen) atoms. The normalized spacial score (nSPS) is 11.9. The Morgan fingerprint density at radius 2 is 1.76 bits per heavy atom. The number of likely N-dealkylation sites (N-methyl/N-ethyl adjacent to an activating group) is 1. The molecule has 0 fully saturated rings. The van der Waals surface area contributed by atoms with Crippen molar-refractivity contribution >= 4 is 32.5 Å². The average Bonchev–Trinajstić information content (AvgIpc) is 2.91. The van der Waals surface area contributed by atoms with Crippen LogP contribution in [0, 0.1) is 10.1 Å². The van der Waals surface area contributed by atoms with Crippen LogP contribution >= 0.6 is 0 Å². The van der Waals surface area contributed by atoms with Crippen LogP contribution in [0.2, 0.25) is 0 Å². The lowest BCUT2D eigenvalue weighted by molar-refractivity contribution is -0.384. The summed E-state index contributed by atoms with van der Waals surface area (Å²) in [6.07, 6.45) is 0. The molecular weight excluding hydrogens is 400 g/mol. The highest BCUT2D eigenvalue weighted by Gasteiger charge is 2.25. The smallest absolute Gasteiger partial charge is 0.295 e. The van der Waals surface area contributed by atoms with E-state index in [-0.39, 0.29) is 21.8 Å². The fraction of sp³-hybridized carbons (Fsp3) is 0.222. The number of non-ortho nitro benzene ring substituents is 1. The van der Waals surface area contributed by atoms with Crippen LogP contribution in [0.15, 0.2) is 52.2 Å². The van der Waals surface area contributed by atoms with Gasteiger partial charge in [0.1, 0.15) is 0 Å². The first kappa shape index (κ1) is 20.4. The van der Waals surface area contributed by atoms with E-state index < -0.39 is 27.3 Å². The monoisotopic (exact) mass is 418 g/mol. The molecule has 10 nitrogen and oxygen atoms in total. The van der Waals surface area contributed by atoms with Gasteiger partial charge < -0.3 is 0 Å². The van der Waals surface area contributed by atoms with Gasteiger partial charge in [0.15, 0.2) is 5.78 Å². The van der Waals surface area contributed by atoms with E-state index in [9.17, 15) is 28.1 Å². The molecular formula is C18H18N4O6S. The summed E-state index contributed by atoms with van der Waals surface area (Å²) in [5.41, 5.74) is 0.520. The third-order valence-corrected chi connectivity index (χ3v) is 6.50. The molecule has 0 N–H and O–H groups in total. The minimum Gasteiger partial charge on any atom is -0.295 e. The van der Waals surface area contributed by atoms with Crippen LogP contribution in [-0.4, -0.2) is 46.2 Å². The second kappa shape index (κ2) is 7.26. The first-order chi connectivity index (χ1) is 13.5.